The Bertz CT molecular complexity index is 692. The first-order valence-electron chi connectivity index (χ1n) is 8.92. The Kier molecular flexibility index (Phi) is 4.32. The summed E-state index contributed by atoms with van der Waals surface area (Å²) in [5.41, 5.74) is 1.29. The van der Waals surface area contributed by atoms with Crippen molar-refractivity contribution in [3.63, 3.8) is 0 Å². The van der Waals surface area contributed by atoms with Crippen LogP contribution in [0, 0.1) is 5.92 Å². The first-order valence-corrected chi connectivity index (χ1v) is 8.92. The summed E-state index contributed by atoms with van der Waals surface area (Å²) in [5.74, 6) is 2.40. The van der Waals surface area contributed by atoms with Gasteiger partial charge in [-0.15, -0.1) is 0 Å². The van der Waals surface area contributed by atoms with Gasteiger partial charge in [-0.25, -0.2) is 0 Å². The molecule has 1 saturated heterocycles. The molecule has 0 unspecified atom stereocenters. The van der Waals surface area contributed by atoms with Crippen molar-refractivity contribution < 1.29 is 9.32 Å². The number of likely N-dealkylation sites (tertiary alicyclic amines) is 1. The molecule has 24 heavy (non-hydrogen) atoms. The third kappa shape index (κ3) is 3.35. The molecule has 0 bridgehead atoms. The number of benzene rings is 1. The van der Waals surface area contributed by atoms with Crippen LogP contribution in [0.2, 0.25) is 0 Å². The van der Waals surface area contributed by atoms with Crippen molar-refractivity contribution in [3.8, 4) is 0 Å². The van der Waals surface area contributed by atoms with Gasteiger partial charge in [0.1, 0.15) is 0 Å². The van der Waals surface area contributed by atoms with Gasteiger partial charge in [0, 0.05) is 18.9 Å². The number of carbonyl (C=O) groups is 1. The van der Waals surface area contributed by atoms with Crippen LogP contribution in [0.4, 0.5) is 0 Å². The molecule has 2 aliphatic rings. The fraction of sp³-hybridized carbons (Fsp3) is 0.526. The monoisotopic (exact) mass is 325 g/mol. The zero-order valence-corrected chi connectivity index (χ0v) is 13.9. The first-order chi connectivity index (χ1) is 11.8. The summed E-state index contributed by atoms with van der Waals surface area (Å²) in [4.78, 5) is 18.7. The van der Waals surface area contributed by atoms with Crippen molar-refractivity contribution in [2.75, 3.05) is 6.54 Å². The van der Waals surface area contributed by atoms with E-state index in [1.54, 1.807) is 0 Å². The Hall–Kier alpha value is -2.17. The minimum Gasteiger partial charge on any atom is -0.339 e. The topological polar surface area (TPSA) is 59.2 Å². The highest BCUT2D eigenvalue weighted by molar-refractivity contribution is 5.78. The maximum absolute atomic E-state index is 12.3. The Morgan fingerprint density at radius 1 is 1.17 bits per heavy atom. The zero-order valence-electron chi connectivity index (χ0n) is 13.9. The lowest BCUT2D eigenvalue weighted by Crippen LogP contribution is -2.25. The van der Waals surface area contributed by atoms with Gasteiger partial charge in [0.05, 0.1) is 6.54 Å². The average molecular weight is 325 g/mol. The highest BCUT2D eigenvalue weighted by Gasteiger charge is 2.31. The summed E-state index contributed by atoms with van der Waals surface area (Å²) in [6.07, 6.45) is 6.33. The SMILES string of the molecule is O=C1C[C@H](Cc2ccccc2)CN1Cc1noc(C2CCCC2)n1. The Morgan fingerprint density at radius 3 is 2.75 bits per heavy atom. The van der Waals surface area contributed by atoms with Crippen LogP contribution >= 0.6 is 0 Å². The van der Waals surface area contributed by atoms with Crippen LogP contribution in [0.3, 0.4) is 0 Å². The van der Waals surface area contributed by atoms with Gasteiger partial charge >= 0.3 is 0 Å². The third-order valence-corrected chi connectivity index (χ3v) is 5.18. The summed E-state index contributed by atoms with van der Waals surface area (Å²) < 4.78 is 5.42. The molecule has 0 radical (unpaired) electrons. The van der Waals surface area contributed by atoms with E-state index < -0.39 is 0 Å². The van der Waals surface area contributed by atoms with Crippen LogP contribution in [-0.4, -0.2) is 27.5 Å². The second-order valence-electron chi connectivity index (χ2n) is 7.06. The molecule has 5 heteroatoms. The molecule has 5 nitrogen and oxygen atoms in total. The fourth-order valence-corrected chi connectivity index (χ4v) is 3.93. The number of rotatable bonds is 5. The number of hydrogen-bond donors (Lipinski definition) is 0. The Labute approximate surface area is 142 Å². The molecule has 2 aromatic rings. The van der Waals surface area contributed by atoms with E-state index in [0.29, 0.717) is 30.6 Å². The summed E-state index contributed by atoms with van der Waals surface area (Å²) in [6.45, 7) is 1.25. The highest BCUT2D eigenvalue weighted by atomic mass is 16.5. The zero-order chi connectivity index (χ0) is 16.4. The number of nitrogens with zero attached hydrogens (tertiary/aromatic N) is 3. The van der Waals surface area contributed by atoms with E-state index in [2.05, 4.69) is 22.3 Å². The average Bonchev–Trinajstić information content (AvgIpc) is 3.31. The minimum absolute atomic E-state index is 0.197. The molecule has 126 valence electrons. The molecular formula is C19H23N3O2. The van der Waals surface area contributed by atoms with E-state index in [1.807, 2.05) is 23.1 Å². The van der Waals surface area contributed by atoms with Gasteiger partial charge in [0.2, 0.25) is 11.8 Å². The summed E-state index contributed by atoms with van der Waals surface area (Å²) in [6, 6.07) is 10.4. The van der Waals surface area contributed by atoms with Crippen LogP contribution in [0.1, 0.15) is 55.3 Å². The van der Waals surface area contributed by atoms with Gasteiger partial charge in [-0.2, -0.15) is 4.98 Å². The van der Waals surface area contributed by atoms with E-state index in [1.165, 1.54) is 18.4 Å². The molecule has 4 rings (SSSR count). The number of aromatic nitrogens is 2. The lowest BCUT2D eigenvalue weighted by molar-refractivity contribution is -0.128. The molecule has 1 amide bonds. The molecule has 1 saturated carbocycles. The predicted molar refractivity (Wildman–Crippen MR) is 89.2 cm³/mol. The fourth-order valence-electron chi connectivity index (χ4n) is 3.93. The molecule has 0 spiro atoms. The lowest BCUT2D eigenvalue weighted by atomic mass is 9.99. The quantitative estimate of drug-likeness (QED) is 0.846. The van der Waals surface area contributed by atoms with Gasteiger partial charge in [0.25, 0.3) is 0 Å². The molecule has 1 aromatic carbocycles. The number of carbonyl (C=O) groups excluding carboxylic acids is 1. The van der Waals surface area contributed by atoms with Crippen molar-refractivity contribution in [1.29, 1.82) is 0 Å². The maximum atomic E-state index is 12.3. The summed E-state index contributed by atoms with van der Waals surface area (Å²) in [7, 11) is 0. The van der Waals surface area contributed by atoms with Crippen LogP contribution in [0.25, 0.3) is 0 Å². The summed E-state index contributed by atoms with van der Waals surface area (Å²) >= 11 is 0. The molecule has 2 heterocycles. The molecular weight excluding hydrogens is 302 g/mol. The van der Waals surface area contributed by atoms with Crippen molar-refractivity contribution in [2.45, 2.75) is 51.0 Å². The summed E-state index contributed by atoms with van der Waals surface area (Å²) in [5, 5.41) is 4.09. The standard InChI is InChI=1S/C19H23N3O2/c23-18-11-15(10-14-6-2-1-3-7-14)12-22(18)13-17-20-19(24-21-17)16-8-4-5-9-16/h1-3,6-7,15-16H,4-5,8-13H2/t15-/m0/s1. The van der Waals surface area contributed by atoms with E-state index >= 15 is 0 Å². The smallest absolute Gasteiger partial charge is 0.229 e. The molecule has 1 aliphatic carbocycles. The van der Waals surface area contributed by atoms with E-state index in [4.69, 9.17) is 4.52 Å². The molecule has 0 N–H and O–H groups in total. The van der Waals surface area contributed by atoms with Crippen molar-refractivity contribution in [3.05, 3.63) is 47.6 Å². The van der Waals surface area contributed by atoms with Crippen LogP contribution in [0.15, 0.2) is 34.9 Å². The Morgan fingerprint density at radius 2 is 1.96 bits per heavy atom. The molecule has 1 aromatic heterocycles. The van der Waals surface area contributed by atoms with Crippen molar-refractivity contribution >= 4 is 5.91 Å². The second kappa shape index (κ2) is 6.75. The Balaban J connectivity index is 1.36. The van der Waals surface area contributed by atoms with Gasteiger partial charge < -0.3 is 9.42 Å². The van der Waals surface area contributed by atoms with E-state index in [-0.39, 0.29) is 5.91 Å². The number of amides is 1. The first kappa shape index (κ1) is 15.4. The second-order valence-corrected chi connectivity index (χ2v) is 7.06. The lowest BCUT2D eigenvalue weighted by Gasteiger charge is -2.14. The molecule has 1 aliphatic heterocycles. The normalized spacial score (nSPS) is 21.8. The van der Waals surface area contributed by atoms with Gasteiger partial charge in [-0.3, -0.25) is 4.79 Å². The maximum Gasteiger partial charge on any atom is 0.229 e. The predicted octanol–water partition coefficient (Wildman–Crippen LogP) is 3.32. The van der Waals surface area contributed by atoms with Gasteiger partial charge in [0.15, 0.2) is 5.82 Å². The van der Waals surface area contributed by atoms with Gasteiger partial charge in [-0.05, 0) is 30.7 Å². The molecule has 2 fully saturated rings. The third-order valence-electron chi connectivity index (χ3n) is 5.18. The van der Waals surface area contributed by atoms with Crippen LogP contribution in [-0.2, 0) is 17.8 Å². The van der Waals surface area contributed by atoms with Crippen molar-refractivity contribution in [1.82, 2.24) is 15.0 Å². The largest absolute Gasteiger partial charge is 0.339 e. The highest BCUT2D eigenvalue weighted by Crippen LogP contribution is 2.33. The van der Waals surface area contributed by atoms with E-state index in [0.717, 1.165) is 31.7 Å². The van der Waals surface area contributed by atoms with Crippen LogP contribution in [0.5, 0.6) is 0 Å². The van der Waals surface area contributed by atoms with Gasteiger partial charge in [-0.1, -0.05) is 48.3 Å². The van der Waals surface area contributed by atoms with Crippen molar-refractivity contribution in [2.24, 2.45) is 5.92 Å². The molecule has 1 atom stereocenters. The van der Waals surface area contributed by atoms with Crippen LogP contribution < -0.4 is 0 Å². The minimum atomic E-state index is 0.197. The van der Waals surface area contributed by atoms with E-state index in [9.17, 15) is 4.79 Å². The number of hydrogen-bond acceptors (Lipinski definition) is 4.